The molecule has 2 bridgehead atoms. The lowest BCUT2D eigenvalue weighted by Gasteiger charge is -2.41. The van der Waals surface area contributed by atoms with Crippen LogP contribution in [0.2, 0.25) is 18.1 Å². The summed E-state index contributed by atoms with van der Waals surface area (Å²) in [4.78, 5) is 11.4. The number of fused-ring (bicyclic) bond motifs is 1. The first-order chi connectivity index (χ1) is 10.6. The number of hydrogen-bond donors (Lipinski definition) is 0. The molecule has 1 saturated carbocycles. The predicted octanol–water partition coefficient (Wildman–Crippen LogP) is 4.93. The van der Waals surface area contributed by atoms with E-state index in [4.69, 9.17) is 4.43 Å². The second kappa shape index (κ2) is 5.69. The van der Waals surface area contributed by atoms with E-state index < -0.39 is 8.32 Å². The minimum absolute atomic E-state index is 0.0171. The highest BCUT2D eigenvalue weighted by Crippen LogP contribution is 2.51. The number of rotatable bonds is 3. The molecule has 0 radical (unpaired) electrons. The van der Waals surface area contributed by atoms with E-state index in [9.17, 15) is 10.1 Å². The summed E-state index contributed by atoms with van der Waals surface area (Å²) in [5.74, 6) is 0.772. The van der Waals surface area contributed by atoms with Crippen molar-refractivity contribution >= 4 is 8.32 Å². The Morgan fingerprint density at radius 2 is 1.87 bits per heavy atom. The van der Waals surface area contributed by atoms with Crippen molar-refractivity contribution in [3.8, 4) is 0 Å². The Kier molecular flexibility index (Phi) is 4.24. The van der Waals surface area contributed by atoms with Crippen LogP contribution in [0.4, 0.5) is 0 Å². The largest absolute Gasteiger partial charge is 0.413 e. The molecule has 23 heavy (non-hydrogen) atoms. The van der Waals surface area contributed by atoms with Gasteiger partial charge in [-0.1, -0.05) is 31.9 Å². The predicted molar refractivity (Wildman–Crippen MR) is 94.6 cm³/mol. The summed E-state index contributed by atoms with van der Waals surface area (Å²) in [6, 6.07) is -0.348. The van der Waals surface area contributed by atoms with Crippen molar-refractivity contribution in [3.63, 3.8) is 0 Å². The quantitative estimate of drug-likeness (QED) is 0.317. The highest BCUT2D eigenvalue weighted by Gasteiger charge is 2.48. The van der Waals surface area contributed by atoms with Gasteiger partial charge in [0.05, 0.1) is 6.10 Å². The molecule has 0 saturated heterocycles. The fourth-order valence-corrected chi connectivity index (χ4v) is 5.91. The van der Waals surface area contributed by atoms with Crippen LogP contribution in [0.5, 0.6) is 0 Å². The third kappa shape index (κ3) is 3.02. The van der Waals surface area contributed by atoms with E-state index in [0.717, 1.165) is 32.1 Å². The third-order valence-electron chi connectivity index (χ3n) is 6.93. The monoisotopic (exact) mass is 337 g/mol. The summed E-state index contributed by atoms with van der Waals surface area (Å²) in [6.07, 6.45) is 6.13. The summed E-state index contributed by atoms with van der Waals surface area (Å²) in [6.45, 7) is 11.5. The Balaban J connectivity index is 1.84. The molecule has 0 heterocycles. The van der Waals surface area contributed by atoms with Gasteiger partial charge in [-0.15, -0.1) is 0 Å². The molecular weight excluding hydrogens is 306 g/mol. The van der Waals surface area contributed by atoms with Crippen LogP contribution < -0.4 is 0 Å². The minimum Gasteiger partial charge on any atom is -0.413 e. The molecular formula is C18H31NO3Si. The van der Waals surface area contributed by atoms with Crippen LogP contribution in [0.3, 0.4) is 0 Å². The molecule has 0 aliphatic heterocycles. The van der Waals surface area contributed by atoms with Gasteiger partial charge in [0, 0.05) is 23.2 Å². The maximum absolute atomic E-state index is 11.4. The summed E-state index contributed by atoms with van der Waals surface area (Å²) in [5, 5.41) is 11.7. The van der Waals surface area contributed by atoms with Crippen LogP contribution in [-0.4, -0.2) is 25.4 Å². The first kappa shape index (κ1) is 17.2. The Labute approximate surface area is 141 Å². The van der Waals surface area contributed by atoms with Crippen LogP contribution >= 0.6 is 0 Å². The van der Waals surface area contributed by atoms with Gasteiger partial charge >= 0.3 is 0 Å². The average Bonchev–Trinajstić information content (AvgIpc) is 2.78. The van der Waals surface area contributed by atoms with E-state index in [1.54, 1.807) is 5.57 Å². The van der Waals surface area contributed by atoms with Crippen molar-refractivity contribution in [1.82, 2.24) is 0 Å². The van der Waals surface area contributed by atoms with Crippen molar-refractivity contribution in [2.24, 2.45) is 11.8 Å². The lowest BCUT2D eigenvalue weighted by Crippen LogP contribution is -2.45. The summed E-state index contributed by atoms with van der Waals surface area (Å²) < 4.78 is 6.79. The fourth-order valence-electron chi connectivity index (χ4n) is 4.52. The zero-order valence-corrected chi connectivity index (χ0v) is 16.2. The molecule has 5 heteroatoms. The summed E-state index contributed by atoms with van der Waals surface area (Å²) in [7, 11) is -1.79. The number of nitrogens with zero attached hydrogens (tertiary/aromatic N) is 1. The Morgan fingerprint density at radius 3 is 2.48 bits per heavy atom. The fraction of sp³-hybridized carbons (Fsp3) is 0.889. The van der Waals surface area contributed by atoms with Gasteiger partial charge in [-0.3, -0.25) is 10.1 Å². The molecule has 0 unspecified atom stereocenters. The number of nitro groups is 1. The normalized spacial score (nSPS) is 34.5. The maximum atomic E-state index is 11.4. The van der Waals surface area contributed by atoms with Gasteiger partial charge in [0.15, 0.2) is 8.32 Å². The Morgan fingerprint density at radius 1 is 1.17 bits per heavy atom. The highest BCUT2D eigenvalue weighted by molar-refractivity contribution is 6.74. The van der Waals surface area contributed by atoms with Crippen molar-refractivity contribution in [2.45, 2.75) is 89.6 Å². The van der Waals surface area contributed by atoms with E-state index in [1.807, 2.05) is 0 Å². The summed E-state index contributed by atoms with van der Waals surface area (Å²) >= 11 is 0. The van der Waals surface area contributed by atoms with Crippen molar-refractivity contribution in [3.05, 3.63) is 21.3 Å². The minimum atomic E-state index is -1.79. The van der Waals surface area contributed by atoms with Crippen LogP contribution in [0.15, 0.2) is 11.1 Å². The Hall–Kier alpha value is -0.683. The van der Waals surface area contributed by atoms with Gasteiger partial charge in [-0.2, -0.15) is 0 Å². The smallest absolute Gasteiger partial charge is 0.219 e. The zero-order chi connectivity index (χ0) is 17.0. The second-order valence-corrected chi connectivity index (χ2v) is 14.0. The van der Waals surface area contributed by atoms with Crippen molar-refractivity contribution < 1.29 is 9.35 Å². The standard InChI is InChI=1S/C18H31NO3Si/c1-18(2,3)23(4,5)22-17-9-7-13-10-15-12(6-8-14(15)17)11-16(13)19(20)21/h13-14,16-17H,6-11H2,1-5H3/t13-,14-,16-,17-/m1/s1. The van der Waals surface area contributed by atoms with Crippen molar-refractivity contribution in [2.75, 3.05) is 0 Å². The van der Waals surface area contributed by atoms with Gasteiger partial charge in [-0.05, 0) is 50.2 Å². The van der Waals surface area contributed by atoms with E-state index >= 15 is 0 Å². The molecule has 4 nitrogen and oxygen atoms in total. The molecule has 130 valence electrons. The molecule has 1 fully saturated rings. The SMILES string of the molecule is CC(C)(C)[Si](C)(C)O[C@@H]1CC[C@@H]2CC3=C(CC[C@H]31)C[C@H]2[N+](=O)[O-]. The van der Waals surface area contributed by atoms with Crippen LogP contribution in [-0.2, 0) is 4.43 Å². The first-order valence-corrected chi connectivity index (χ1v) is 12.0. The van der Waals surface area contributed by atoms with Gasteiger partial charge in [-0.25, -0.2) is 0 Å². The molecule has 3 aliphatic rings. The topological polar surface area (TPSA) is 52.4 Å². The molecule has 0 spiro atoms. The van der Waals surface area contributed by atoms with E-state index in [-0.39, 0.29) is 21.9 Å². The van der Waals surface area contributed by atoms with Gasteiger partial charge in [0.25, 0.3) is 0 Å². The molecule has 0 amide bonds. The highest BCUT2D eigenvalue weighted by atomic mass is 28.4. The molecule has 0 aromatic rings. The van der Waals surface area contributed by atoms with E-state index in [1.165, 1.54) is 5.57 Å². The molecule has 3 aliphatic carbocycles. The van der Waals surface area contributed by atoms with Crippen LogP contribution in [0, 0.1) is 22.0 Å². The third-order valence-corrected chi connectivity index (χ3v) is 11.4. The van der Waals surface area contributed by atoms with Crippen LogP contribution in [0.25, 0.3) is 0 Å². The van der Waals surface area contributed by atoms with Crippen LogP contribution in [0.1, 0.15) is 59.3 Å². The first-order valence-electron chi connectivity index (χ1n) is 9.12. The number of hydrogen-bond acceptors (Lipinski definition) is 3. The lowest BCUT2D eigenvalue weighted by atomic mass is 9.80. The molecule has 0 aromatic heterocycles. The van der Waals surface area contributed by atoms with Gasteiger partial charge < -0.3 is 4.43 Å². The van der Waals surface area contributed by atoms with E-state index in [0.29, 0.717) is 18.4 Å². The summed E-state index contributed by atoms with van der Waals surface area (Å²) in [5.41, 5.74) is 2.95. The van der Waals surface area contributed by atoms with Gasteiger partial charge in [0.1, 0.15) is 0 Å². The Bertz CT molecular complexity index is 535. The molecule has 0 N–H and O–H groups in total. The van der Waals surface area contributed by atoms with Crippen molar-refractivity contribution in [1.29, 1.82) is 0 Å². The average molecular weight is 338 g/mol. The molecule has 0 aromatic carbocycles. The second-order valence-electron chi connectivity index (χ2n) is 9.29. The zero-order valence-electron chi connectivity index (χ0n) is 15.2. The van der Waals surface area contributed by atoms with Gasteiger partial charge in [0.2, 0.25) is 6.04 Å². The maximum Gasteiger partial charge on any atom is 0.219 e. The molecule has 4 atom stereocenters. The lowest BCUT2D eigenvalue weighted by molar-refractivity contribution is -0.532. The van der Waals surface area contributed by atoms with E-state index in [2.05, 4.69) is 33.9 Å². The molecule has 3 rings (SSSR count).